The Morgan fingerprint density at radius 2 is 2.00 bits per heavy atom. The van der Waals surface area contributed by atoms with E-state index in [1.165, 1.54) is 32.1 Å². The third-order valence-corrected chi connectivity index (χ3v) is 3.36. The number of halogens is 1. The maximum Gasteiger partial charge on any atom is 0.0516 e. The van der Waals surface area contributed by atoms with E-state index in [1.807, 2.05) is 0 Å². The summed E-state index contributed by atoms with van der Waals surface area (Å²) in [5, 5.41) is 7.33. The molecule has 0 amide bonds. The van der Waals surface area contributed by atoms with Crippen molar-refractivity contribution < 1.29 is 0 Å². The van der Waals surface area contributed by atoms with Gasteiger partial charge in [-0.1, -0.05) is 24.4 Å². The summed E-state index contributed by atoms with van der Waals surface area (Å²) in [7, 11) is 0. The summed E-state index contributed by atoms with van der Waals surface area (Å²) < 4.78 is 0. The topological polar surface area (TPSA) is 60.8 Å². The van der Waals surface area contributed by atoms with Crippen LogP contribution in [0.15, 0.2) is 5.11 Å². The molecule has 1 unspecified atom stereocenters. The standard InChI is InChI=1S/C9H16N4.ClH/c10-13-12-8-6-9(11-7-8)4-2-1-3-5-9;/h8,11H,1-7H2;1H. The number of azide groups is 1. The van der Waals surface area contributed by atoms with Crippen LogP contribution < -0.4 is 5.32 Å². The largest absolute Gasteiger partial charge is 0.311 e. The lowest BCUT2D eigenvalue weighted by molar-refractivity contribution is 0.262. The Morgan fingerprint density at radius 1 is 1.29 bits per heavy atom. The lowest BCUT2D eigenvalue weighted by Crippen LogP contribution is -2.41. The van der Waals surface area contributed by atoms with Crippen molar-refractivity contribution in [1.29, 1.82) is 0 Å². The first-order valence-electron chi connectivity index (χ1n) is 5.14. The van der Waals surface area contributed by atoms with E-state index in [1.54, 1.807) is 0 Å². The van der Waals surface area contributed by atoms with Gasteiger partial charge in [-0.2, -0.15) is 0 Å². The molecular weight excluding hydrogens is 200 g/mol. The van der Waals surface area contributed by atoms with E-state index in [2.05, 4.69) is 15.3 Å². The predicted molar refractivity (Wildman–Crippen MR) is 58.6 cm³/mol. The normalized spacial score (nSPS) is 29.3. The molecule has 2 aliphatic rings. The molecule has 1 spiro atoms. The minimum atomic E-state index is 0. The lowest BCUT2D eigenvalue weighted by atomic mass is 9.80. The Labute approximate surface area is 90.5 Å². The van der Waals surface area contributed by atoms with Crippen LogP contribution in [-0.2, 0) is 0 Å². The number of nitrogens with zero attached hydrogens (tertiary/aromatic N) is 3. The predicted octanol–water partition coefficient (Wildman–Crippen LogP) is 2.78. The number of rotatable bonds is 1. The zero-order valence-electron chi connectivity index (χ0n) is 8.28. The highest BCUT2D eigenvalue weighted by Crippen LogP contribution is 2.35. The number of hydrogen-bond acceptors (Lipinski definition) is 2. The first kappa shape index (κ1) is 11.6. The van der Waals surface area contributed by atoms with Crippen molar-refractivity contribution in [2.24, 2.45) is 5.11 Å². The van der Waals surface area contributed by atoms with Crippen molar-refractivity contribution in [3.8, 4) is 0 Å². The first-order chi connectivity index (χ1) is 6.35. The van der Waals surface area contributed by atoms with Crippen LogP contribution in [0.2, 0.25) is 0 Å². The van der Waals surface area contributed by atoms with E-state index < -0.39 is 0 Å². The van der Waals surface area contributed by atoms with Crippen LogP contribution in [0.25, 0.3) is 10.4 Å². The number of nitrogens with one attached hydrogen (secondary N) is 1. The average Bonchev–Trinajstić information content (AvgIpc) is 2.51. The molecule has 0 aromatic rings. The van der Waals surface area contributed by atoms with Crippen molar-refractivity contribution in [3.63, 3.8) is 0 Å². The quantitative estimate of drug-likeness (QED) is 0.409. The van der Waals surface area contributed by atoms with E-state index in [9.17, 15) is 0 Å². The van der Waals surface area contributed by atoms with Crippen LogP contribution in [0.3, 0.4) is 0 Å². The van der Waals surface area contributed by atoms with Crippen molar-refractivity contribution in [3.05, 3.63) is 10.4 Å². The molecule has 0 bridgehead atoms. The zero-order valence-corrected chi connectivity index (χ0v) is 9.09. The highest BCUT2D eigenvalue weighted by molar-refractivity contribution is 5.85. The van der Waals surface area contributed by atoms with Gasteiger partial charge in [-0.05, 0) is 24.8 Å². The molecule has 0 aromatic heterocycles. The van der Waals surface area contributed by atoms with E-state index in [-0.39, 0.29) is 18.4 Å². The average molecular weight is 217 g/mol. The van der Waals surface area contributed by atoms with Gasteiger partial charge in [0.1, 0.15) is 0 Å². The lowest BCUT2D eigenvalue weighted by Gasteiger charge is -2.33. The molecule has 1 heterocycles. The van der Waals surface area contributed by atoms with Crippen molar-refractivity contribution >= 4 is 12.4 Å². The minimum Gasteiger partial charge on any atom is -0.311 e. The summed E-state index contributed by atoms with van der Waals surface area (Å²) in [6.45, 7) is 0.879. The van der Waals surface area contributed by atoms with Crippen molar-refractivity contribution in [2.75, 3.05) is 6.54 Å². The van der Waals surface area contributed by atoms with Gasteiger partial charge in [0.05, 0.1) is 6.04 Å². The van der Waals surface area contributed by atoms with Crippen LogP contribution in [-0.4, -0.2) is 18.1 Å². The first-order valence-corrected chi connectivity index (χ1v) is 5.14. The molecule has 2 rings (SSSR count). The van der Waals surface area contributed by atoms with Gasteiger partial charge < -0.3 is 5.32 Å². The molecule has 80 valence electrons. The summed E-state index contributed by atoms with van der Waals surface area (Å²) in [6.07, 6.45) is 7.62. The zero-order chi connectivity index (χ0) is 9.15. The second-order valence-corrected chi connectivity index (χ2v) is 4.28. The van der Waals surface area contributed by atoms with Crippen LogP contribution in [0.5, 0.6) is 0 Å². The van der Waals surface area contributed by atoms with Gasteiger partial charge in [-0.15, -0.1) is 12.4 Å². The molecule has 1 N–H and O–H groups in total. The molecule has 0 aromatic carbocycles. The van der Waals surface area contributed by atoms with Crippen LogP contribution >= 0.6 is 12.4 Å². The third-order valence-electron chi connectivity index (χ3n) is 3.36. The second kappa shape index (κ2) is 4.87. The van der Waals surface area contributed by atoms with Crippen molar-refractivity contribution in [1.82, 2.24) is 5.32 Å². The summed E-state index contributed by atoms with van der Waals surface area (Å²) in [5.41, 5.74) is 8.67. The van der Waals surface area contributed by atoms with Crippen molar-refractivity contribution in [2.45, 2.75) is 50.1 Å². The van der Waals surface area contributed by atoms with Gasteiger partial charge in [-0.25, -0.2) is 0 Å². The molecular formula is C9H17ClN4. The fraction of sp³-hybridized carbons (Fsp3) is 1.00. The smallest absolute Gasteiger partial charge is 0.0516 e. The highest BCUT2D eigenvalue weighted by Gasteiger charge is 2.38. The second-order valence-electron chi connectivity index (χ2n) is 4.28. The maximum absolute atomic E-state index is 8.34. The molecule has 1 saturated heterocycles. The monoisotopic (exact) mass is 216 g/mol. The Kier molecular flexibility index (Phi) is 4.05. The summed E-state index contributed by atoms with van der Waals surface area (Å²) in [6, 6.07) is 0.197. The molecule has 2 fully saturated rings. The van der Waals surface area contributed by atoms with Crippen LogP contribution in [0.4, 0.5) is 0 Å². The van der Waals surface area contributed by atoms with E-state index in [0.29, 0.717) is 5.54 Å². The van der Waals surface area contributed by atoms with Gasteiger partial charge in [0.25, 0.3) is 0 Å². The SMILES string of the molecule is Cl.[N-]=[N+]=NC1CNC2(CCCCC2)C1. The molecule has 14 heavy (non-hydrogen) atoms. The fourth-order valence-corrected chi connectivity index (χ4v) is 2.69. The molecule has 1 atom stereocenters. The summed E-state index contributed by atoms with van der Waals surface area (Å²) in [5.74, 6) is 0. The molecule has 5 heteroatoms. The molecule has 0 radical (unpaired) electrons. The highest BCUT2D eigenvalue weighted by atomic mass is 35.5. The fourth-order valence-electron chi connectivity index (χ4n) is 2.69. The third kappa shape index (κ3) is 2.32. The summed E-state index contributed by atoms with van der Waals surface area (Å²) >= 11 is 0. The van der Waals surface area contributed by atoms with E-state index in [4.69, 9.17) is 5.53 Å². The molecule has 1 saturated carbocycles. The van der Waals surface area contributed by atoms with Crippen LogP contribution in [0.1, 0.15) is 38.5 Å². The maximum atomic E-state index is 8.34. The van der Waals surface area contributed by atoms with Gasteiger partial charge >= 0.3 is 0 Å². The number of hydrogen-bond donors (Lipinski definition) is 1. The Balaban J connectivity index is 0.000000980. The van der Waals surface area contributed by atoms with Crippen LogP contribution in [0, 0.1) is 0 Å². The Morgan fingerprint density at radius 3 is 2.64 bits per heavy atom. The van der Waals surface area contributed by atoms with Gasteiger partial charge in [0.2, 0.25) is 0 Å². The van der Waals surface area contributed by atoms with Gasteiger partial charge in [-0.3, -0.25) is 0 Å². The molecule has 4 nitrogen and oxygen atoms in total. The molecule has 1 aliphatic carbocycles. The summed E-state index contributed by atoms with van der Waals surface area (Å²) in [4.78, 5) is 2.88. The van der Waals surface area contributed by atoms with Gasteiger partial charge in [0.15, 0.2) is 0 Å². The van der Waals surface area contributed by atoms with E-state index in [0.717, 1.165) is 13.0 Å². The Bertz CT molecular complexity index is 231. The van der Waals surface area contributed by atoms with E-state index >= 15 is 0 Å². The van der Waals surface area contributed by atoms with Gasteiger partial charge in [0, 0.05) is 17.0 Å². The minimum absolute atomic E-state index is 0. The Hall–Kier alpha value is -0.440. The molecule has 1 aliphatic heterocycles.